The summed E-state index contributed by atoms with van der Waals surface area (Å²) in [5.41, 5.74) is 7.82. The minimum Gasteiger partial charge on any atom is -0.508 e. The molecule has 5 aromatic rings. The molecule has 0 radical (unpaired) electrons. The molecule has 0 bridgehead atoms. The first-order valence-electron chi connectivity index (χ1n) is 16.5. The number of rotatable bonds is 8. The molecule has 238 valence electrons. The van der Waals surface area contributed by atoms with Crippen LogP contribution in [-0.4, -0.2) is 20.4 Å². The Morgan fingerprint density at radius 1 is 0.413 bits per heavy atom. The Hall–Kier alpha value is -4.70. The highest BCUT2D eigenvalue weighted by Gasteiger charge is 2.23. The molecule has 0 aromatic heterocycles. The van der Waals surface area contributed by atoms with Crippen LogP contribution in [-0.2, 0) is 12.8 Å². The Labute approximate surface area is 273 Å². The Bertz CT molecular complexity index is 1490. The maximum Gasteiger partial charge on any atom is 0.115 e. The lowest BCUT2D eigenvalue weighted by Gasteiger charge is -2.29. The lowest BCUT2D eigenvalue weighted by Crippen LogP contribution is -2.12. The largest absolute Gasteiger partial charge is 0.508 e. The molecule has 0 amide bonds. The molecule has 4 heteroatoms. The highest BCUT2D eigenvalue weighted by Crippen LogP contribution is 2.41. The average molecular weight is 615 g/mol. The lowest BCUT2D eigenvalue weighted by molar-refractivity contribution is 0.395. The second-order valence-corrected chi connectivity index (χ2v) is 12.9. The van der Waals surface area contributed by atoms with Crippen LogP contribution in [0.2, 0.25) is 0 Å². The molecule has 4 N–H and O–H groups in total. The predicted octanol–water partition coefficient (Wildman–Crippen LogP) is 10.3. The highest BCUT2D eigenvalue weighted by atomic mass is 16.3. The van der Waals surface area contributed by atoms with Crippen molar-refractivity contribution in [3.63, 3.8) is 0 Å². The molecule has 1 fully saturated rings. The van der Waals surface area contributed by atoms with Gasteiger partial charge in [0.2, 0.25) is 0 Å². The van der Waals surface area contributed by atoms with Crippen molar-refractivity contribution in [2.75, 3.05) is 0 Å². The van der Waals surface area contributed by atoms with Gasteiger partial charge in [-0.25, -0.2) is 0 Å². The van der Waals surface area contributed by atoms with Crippen LogP contribution in [0, 0.1) is 0 Å². The second-order valence-electron chi connectivity index (χ2n) is 12.9. The van der Waals surface area contributed by atoms with E-state index in [2.05, 4.69) is 38.1 Å². The normalized spacial score (nSPS) is 17.3. The van der Waals surface area contributed by atoms with Crippen molar-refractivity contribution in [3.05, 3.63) is 155 Å². The van der Waals surface area contributed by atoms with Gasteiger partial charge in [-0.15, -0.1) is 0 Å². The van der Waals surface area contributed by atoms with E-state index in [4.69, 9.17) is 0 Å². The van der Waals surface area contributed by atoms with Crippen LogP contribution in [0.1, 0.15) is 96.6 Å². The Kier molecular flexibility index (Phi) is 11.0. The summed E-state index contributed by atoms with van der Waals surface area (Å²) in [5, 5.41) is 37.5. The van der Waals surface area contributed by atoms with E-state index in [9.17, 15) is 20.4 Å². The standard InChI is InChI=1S/C24H26O2.C18H20O2/c1-17(21-7-11-23(25)12-8-21)15-19-3-5-20(6-4-19)16-18(2)22-9-13-24(26)14-10-22;19-17-9-5-15(6-10-17)13-1-2-14(4-3-13)16-7-11-18(20)12-8-16/h3-14,17-18,25-26H,15-16H2,1-2H3;5-14,19-20H,1-4H2. The quantitative estimate of drug-likeness (QED) is 0.140. The van der Waals surface area contributed by atoms with Crippen LogP contribution in [0.3, 0.4) is 0 Å². The van der Waals surface area contributed by atoms with E-state index in [1.54, 1.807) is 48.5 Å². The molecule has 0 spiro atoms. The fourth-order valence-corrected chi connectivity index (χ4v) is 6.61. The number of hydrogen-bond acceptors (Lipinski definition) is 4. The predicted molar refractivity (Wildman–Crippen MR) is 187 cm³/mol. The molecule has 0 saturated heterocycles. The summed E-state index contributed by atoms with van der Waals surface area (Å²) in [7, 11) is 0. The molecule has 2 atom stereocenters. The van der Waals surface area contributed by atoms with E-state index in [0.717, 1.165) is 12.8 Å². The number of phenolic OH excluding ortho intramolecular Hbond substituents is 4. The van der Waals surface area contributed by atoms with E-state index in [0.29, 0.717) is 46.7 Å². The van der Waals surface area contributed by atoms with Gasteiger partial charge in [-0.2, -0.15) is 0 Å². The zero-order chi connectivity index (χ0) is 32.5. The van der Waals surface area contributed by atoms with Crippen LogP contribution >= 0.6 is 0 Å². The van der Waals surface area contributed by atoms with Gasteiger partial charge >= 0.3 is 0 Å². The van der Waals surface area contributed by atoms with Crippen molar-refractivity contribution in [2.45, 2.75) is 76.0 Å². The van der Waals surface area contributed by atoms with Crippen molar-refractivity contribution >= 4 is 0 Å². The molecule has 5 aromatic carbocycles. The van der Waals surface area contributed by atoms with Gasteiger partial charge < -0.3 is 20.4 Å². The number of aromatic hydroxyl groups is 4. The van der Waals surface area contributed by atoms with Crippen molar-refractivity contribution in [1.29, 1.82) is 0 Å². The summed E-state index contributed by atoms with van der Waals surface area (Å²) in [6.45, 7) is 4.43. The highest BCUT2D eigenvalue weighted by molar-refractivity contribution is 5.33. The minimum atomic E-state index is 0.313. The lowest BCUT2D eigenvalue weighted by atomic mass is 9.76. The molecule has 6 rings (SSSR count). The summed E-state index contributed by atoms with van der Waals surface area (Å²) in [6.07, 6.45) is 6.73. The molecule has 4 nitrogen and oxygen atoms in total. The SMILES string of the molecule is CC(Cc1ccc(CC(C)c2ccc(O)cc2)cc1)c1ccc(O)cc1.Oc1ccc(C2CCC(c3ccc(O)cc3)CC2)cc1. The third kappa shape index (κ3) is 9.17. The molecular weight excluding hydrogens is 568 g/mol. The third-order valence-corrected chi connectivity index (χ3v) is 9.49. The van der Waals surface area contributed by atoms with Crippen LogP contribution in [0.15, 0.2) is 121 Å². The smallest absolute Gasteiger partial charge is 0.115 e. The topological polar surface area (TPSA) is 80.9 Å². The van der Waals surface area contributed by atoms with Gasteiger partial charge in [-0.3, -0.25) is 0 Å². The molecule has 2 unspecified atom stereocenters. The van der Waals surface area contributed by atoms with Crippen LogP contribution in [0.25, 0.3) is 0 Å². The van der Waals surface area contributed by atoms with E-state index >= 15 is 0 Å². The summed E-state index contributed by atoms with van der Waals surface area (Å²) in [5.74, 6) is 3.36. The molecule has 1 aliphatic carbocycles. The fraction of sp³-hybridized carbons (Fsp3) is 0.286. The van der Waals surface area contributed by atoms with Crippen molar-refractivity contribution in [1.82, 2.24) is 0 Å². The van der Waals surface area contributed by atoms with Crippen molar-refractivity contribution in [3.8, 4) is 23.0 Å². The Morgan fingerprint density at radius 3 is 0.957 bits per heavy atom. The van der Waals surface area contributed by atoms with Gasteiger partial charge in [0.05, 0.1) is 0 Å². The fourth-order valence-electron chi connectivity index (χ4n) is 6.61. The van der Waals surface area contributed by atoms with Gasteiger partial charge in [-0.1, -0.05) is 86.6 Å². The van der Waals surface area contributed by atoms with E-state index in [1.165, 1.54) is 59.1 Å². The van der Waals surface area contributed by atoms with Crippen LogP contribution in [0.4, 0.5) is 0 Å². The molecular formula is C42H46O4. The zero-order valence-electron chi connectivity index (χ0n) is 26.9. The number of phenols is 4. The average Bonchev–Trinajstić information content (AvgIpc) is 3.07. The first-order chi connectivity index (χ1) is 22.2. The second kappa shape index (κ2) is 15.5. The zero-order valence-corrected chi connectivity index (χ0v) is 26.9. The third-order valence-electron chi connectivity index (χ3n) is 9.49. The minimum absolute atomic E-state index is 0.313. The van der Waals surface area contributed by atoms with Gasteiger partial charge in [0.15, 0.2) is 0 Å². The summed E-state index contributed by atoms with van der Waals surface area (Å²) in [4.78, 5) is 0. The van der Waals surface area contributed by atoms with Crippen molar-refractivity contribution < 1.29 is 20.4 Å². The molecule has 1 saturated carbocycles. The van der Waals surface area contributed by atoms with Crippen LogP contribution in [0.5, 0.6) is 23.0 Å². The molecule has 0 aliphatic heterocycles. The molecule has 1 aliphatic rings. The van der Waals surface area contributed by atoms with Gasteiger partial charge in [0, 0.05) is 0 Å². The van der Waals surface area contributed by atoms with Crippen molar-refractivity contribution in [2.24, 2.45) is 0 Å². The van der Waals surface area contributed by atoms with Gasteiger partial charge in [-0.05, 0) is 144 Å². The molecule has 0 heterocycles. The summed E-state index contributed by atoms with van der Waals surface area (Å²) >= 11 is 0. The number of hydrogen-bond donors (Lipinski definition) is 4. The maximum atomic E-state index is 9.41. The van der Waals surface area contributed by atoms with E-state index < -0.39 is 0 Å². The van der Waals surface area contributed by atoms with Gasteiger partial charge in [0.25, 0.3) is 0 Å². The van der Waals surface area contributed by atoms with E-state index in [-0.39, 0.29) is 0 Å². The first kappa shape index (κ1) is 32.7. The Morgan fingerprint density at radius 2 is 0.674 bits per heavy atom. The Balaban J connectivity index is 0.000000187. The van der Waals surface area contributed by atoms with Crippen LogP contribution < -0.4 is 0 Å². The van der Waals surface area contributed by atoms with E-state index in [1.807, 2.05) is 48.5 Å². The summed E-state index contributed by atoms with van der Waals surface area (Å²) in [6, 6.07) is 39.1. The first-order valence-corrected chi connectivity index (χ1v) is 16.5. The summed E-state index contributed by atoms with van der Waals surface area (Å²) < 4.78 is 0. The maximum absolute atomic E-state index is 9.41. The monoisotopic (exact) mass is 614 g/mol. The molecule has 46 heavy (non-hydrogen) atoms. The van der Waals surface area contributed by atoms with Gasteiger partial charge in [0.1, 0.15) is 23.0 Å². The number of benzene rings is 5.